The monoisotopic (exact) mass is 274 g/mol. The molecular formula is C17H26N2O. The van der Waals surface area contributed by atoms with Crippen molar-refractivity contribution in [3.63, 3.8) is 0 Å². The molecule has 1 atom stereocenters. The lowest BCUT2D eigenvalue weighted by Gasteiger charge is -2.35. The van der Waals surface area contributed by atoms with Crippen molar-refractivity contribution in [3.05, 3.63) is 29.8 Å². The van der Waals surface area contributed by atoms with Crippen LogP contribution < -0.4 is 5.32 Å². The van der Waals surface area contributed by atoms with Gasteiger partial charge in [0.25, 0.3) is 0 Å². The molecule has 2 rings (SSSR count). The predicted molar refractivity (Wildman–Crippen MR) is 84.2 cm³/mol. The van der Waals surface area contributed by atoms with Gasteiger partial charge in [0.15, 0.2) is 0 Å². The van der Waals surface area contributed by atoms with E-state index >= 15 is 0 Å². The summed E-state index contributed by atoms with van der Waals surface area (Å²) in [6, 6.07) is 8.56. The fourth-order valence-corrected chi connectivity index (χ4v) is 2.99. The lowest BCUT2D eigenvalue weighted by Crippen LogP contribution is -2.45. The molecule has 0 spiro atoms. The highest BCUT2D eigenvalue weighted by molar-refractivity contribution is 5.90. The van der Waals surface area contributed by atoms with Crippen LogP contribution in [-0.2, 0) is 0 Å². The molecule has 1 saturated heterocycles. The van der Waals surface area contributed by atoms with Crippen LogP contribution in [0.1, 0.15) is 57.9 Å². The second kappa shape index (κ2) is 6.78. The molecule has 1 aliphatic heterocycles. The first kappa shape index (κ1) is 14.9. The summed E-state index contributed by atoms with van der Waals surface area (Å²) >= 11 is 0. The number of piperidine rings is 1. The zero-order valence-electron chi connectivity index (χ0n) is 12.9. The number of urea groups is 1. The van der Waals surface area contributed by atoms with Crippen LogP contribution in [0.25, 0.3) is 0 Å². The van der Waals surface area contributed by atoms with Gasteiger partial charge >= 0.3 is 6.03 Å². The van der Waals surface area contributed by atoms with Crippen molar-refractivity contribution in [3.8, 4) is 0 Å². The second-order valence-corrected chi connectivity index (χ2v) is 5.92. The summed E-state index contributed by atoms with van der Waals surface area (Å²) in [7, 11) is 0. The van der Waals surface area contributed by atoms with Crippen molar-refractivity contribution in [2.24, 2.45) is 0 Å². The van der Waals surface area contributed by atoms with Crippen LogP contribution in [0.15, 0.2) is 24.3 Å². The number of likely N-dealkylation sites (tertiary alicyclic amines) is 1. The van der Waals surface area contributed by atoms with Crippen molar-refractivity contribution in [1.82, 2.24) is 4.90 Å². The van der Waals surface area contributed by atoms with Crippen LogP contribution in [0.3, 0.4) is 0 Å². The first-order valence-corrected chi connectivity index (χ1v) is 7.80. The Morgan fingerprint density at radius 3 is 2.80 bits per heavy atom. The number of para-hydroxylation sites is 1. The Kier molecular flexibility index (Phi) is 5.05. The van der Waals surface area contributed by atoms with E-state index in [1.807, 2.05) is 23.1 Å². The third-order valence-electron chi connectivity index (χ3n) is 4.18. The Balaban J connectivity index is 2.11. The standard InChI is InChI=1S/C17H26N2O/c1-4-14-9-7-8-12-19(14)17(20)18-16-11-6-5-10-15(16)13(2)3/h5-6,10-11,13-14H,4,7-9,12H2,1-3H3,(H,18,20)/t14-/m0/s1. The van der Waals surface area contributed by atoms with Gasteiger partial charge < -0.3 is 10.2 Å². The number of nitrogens with one attached hydrogen (secondary N) is 1. The van der Waals surface area contributed by atoms with Gasteiger partial charge in [0.2, 0.25) is 0 Å². The molecule has 3 heteroatoms. The fourth-order valence-electron chi connectivity index (χ4n) is 2.99. The summed E-state index contributed by atoms with van der Waals surface area (Å²) < 4.78 is 0. The van der Waals surface area contributed by atoms with E-state index in [-0.39, 0.29) is 6.03 Å². The van der Waals surface area contributed by atoms with Gasteiger partial charge in [0, 0.05) is 18.3 Å². The maximum Gasteiger partial charge on any atom is 0.322 e. The molecule has 0 unspecified atom stereocenters. The van der Waals surface area contributed by atoms with Crippen LogP contribution in [0.2, 0.25) is 0 Å². The molecule has 1 aromatic rings. The minimum atomic E-state index is 0.0599. The van der Waals surface area contributed by atoms with Crippen molar-refractivity contribution < 1.29 is 4.79 Å². The number of nitrogens with zero attached hydrogens (tertiary/aromatic N) is 1. The molecule has 1 aromatic carbocycles. The van der Waals surface area contributed by atoms with Crippen molar-refractivity contribution in [2.75, 3.05) is 11.9 Å². The molecule has 0 aliphatic carbocycles. The maximum absolute atomic E-state index is 12.5. The topological polar surface area (TPSA) is 32.3 Å². The Bertz CT molecular complexity index is 456. The summed E-state index contributed by atoms with van der Waals surface area (Å²) in [6.45, 7) is 7.36. The smallest absolute Gasteiger partial charge is 0.322 e. The SMILES string of the molecule is CC[C@H]1CCCCN1C(=O)Nc1ccccc1C(C)C. The van der Waals surface area contributed by atoms with Gasteiger partial charge in [0.05, 0.1) is 0 Å². The summed E-state index contributed by atoms with van der Waals surface area (Å²) in [5, 5.41) is 3.11. The quantitative estimate of drug-likeness (QED) is 0.858. The lowest BCUT2D eigenvalue weighted by atomic mass is 10.00. The van der Waals surface area contributed by atoms with Crippen LogP contribution in [0, 0.1) is 0 Å². The molecule has 1 fully saturated rings. The van der Waals surface area contributed by atoms with Crippen LogP contribution in [0.4, 0.5) is 10.5 Å². The Morgan fingerprint density at radius 1 is 1.35 bits per heavy atom. The first-order chi connectivity index (χ1) is 9.63. The molecule has 110 valence electrons. The normalized spacial score (nSPS) is 19.2. The van der Waals surface area contributed by atoms with Gasteiger partial charge in [-0.25, -0.2) is 4.79 Å². The maximum atomic E-state index is 12.5. The molecule has 1 aliphatic rings. The van der Waals surface area contributed by atoms with Crippen molar-refractivity contribution in [1.29, 1.82) is 0 Å². The van der Waals surface area contributed by atoms with Gasteiger partial charge in [-0.05, 0) is 43.2 Å². The van der Waals surface area contributed by atoms with Gasteiger partial charge in [-0.15, -0.1) is 0 Å². The van der Waals surface area contributed by atoms with E-state index in [4.69, 9.17) is 0 Å². The molecule has 2 amide bonds. The number of rotatable bonds is 3. The van der Waals surface area contributed by atoms with E-state index < -0.39 is 0 Å². The molecule has 3 nitrogen and oxygen atoms in total. The lowest BCUT2D eigenvalue weighted by molar-refractivity contribution is 0.160. The minimum absolute atomic E-state index is 0.0599. The summed E-state index contributed by atoms with van der Waals surface area (Å²) in [6.07, 6.45) is 4.54. The molecular weight excluding hydrogens is 248 g/mol. The number of anilines is 1. The zero-order chi connectivity index (χ0) is 14.5. The van der Waals surface area contributed by atoms with Crippen molar-refractivity contribution in [2.45, 2.75) is 58.4 Å². The second-order valence-electron chi connectivity index (χ2n) is 5.92. The highest BCUT2D eigenvalue weighted by atomic mass is 16.2. The van der Waals surface area contributed by atoms with Crippen LogP contribution in [-0.4, -0.2) is 23.5 Å². The number of hydrogen-bond donors (Lipinski definition) is 1. The first-order valence-electron chi connectivity index (χ1n) is 7.80. The molecule has 0 radical (unpaired) electrons. The third-order valence-corrected chi connectivity index (χ3v) is 4.18. The zero-order valence-corrected chi connectivity index (χ0v) is 12.9. The molecule has 0 saturated carbocycles. The average Bonchev–Trinajstić information content (AvgIpc) is 2.47. The van der Waals surface area contributed by atoms with Gasteiger partial charge in [-0.1, -0.05) is 39.0 Å². The molecule has 1 N–H and O–H groups in total. The number of carbonyl (C=O) groups excluding carboxylic acids is 1. The van der Waals surface area contributed by atoms with E-state index in [9.17, 15) is 4.79 Å². The Hall–Kier alpha value is -1.51. The number of hydrogen-bond acceptors (Lipinski definition) is 1. The van der Waals surface area contributed by atoms with E-state index in [2.05, 4.69) is 32.2 Å². The summed E-state index contributed by atoms with van der Waals surface area (Å²) in [5.74, 6) is 0.412. The number of carbonyl (C=O) groups is 1. The van der Waals surface area contributed by atoms with E-state index in [0.29, 0.717) is 12.0 Å². The molecule has 0 aromatic heterocycles. The largest absolute Gasteiger partial charge is 0.322 e. The Labute approximate surface area is 122 Å². The minimum Gasteiger partial charge on any atom is -0.322 e. The van der Waals surface area contributed by atoms with Crippen LogP contribution in [0.5, 0.6) is 0 Å². The molecule has 20 heavy (non-hydrogen) atoms. The van der Waals surface area contributed by atoms with E-state index in [0.717, 1.165) is 31.5 Å². The van der Waals surface area contributed by atoms with E-state index in [1.54, 1.807) is 0 Å². The third kappa shape index (κ3) is 3.33. The fraction of sp³-hybridized carbons (Fsp3) is 0.588. The van der Waals surface area contributed by atoms with E-state index in [1.165, 1.54) is 12.0 Å². The van der Waals surface area contributed by atoms with Gasteiger partial charge in [0.1, 0.15) is 0 Å². The van der Waals surface area contributed by atoms with Crippen LogP contribution >= 0.6 is 0 Å². The van der Waals surface area contributed by atoms with Gasteiger partial charge in [-0.3, -0.25) is 0 Å². The Morgan fingerprint density at radius 2 is 2.10 bits per heavy atom. The average molecular weight is 274 g/mol. The molecule has 0 bridgehead atoms. The molecule has 1 heterocycles. The summed E-state index contributed by atoms with van der Waals surface area (Å²) in [4.78, 5) is 14.5. The highest BCUT2D eigenvalue weighted by Crippen LogP contribution is 2.25. The summed E-state index contributed by atoms with van der Waals surface area (Å²) in [5.41, 5.74) is 2.15. The number of benzene rings is 1. The van der Waals surface area contributed by atoms with Crippen molar-refractivity contribution >= 4 is 11.7 Å². The number of amides is 2. The predicted octanol–water partition coefficient (Wildman–Crippen LogP) is 4.61. The highest BCUT2D eigenvalue weighted by Gasteiger charge is 2.25. The van der Waals surface area contributed by atoms with Gasteiger partial charge in [-0.2, -0.15) is 0 Å².